The van der Waals surface area contributed by atoms with Gasteiger partial charge in [0.15, 0.2) is 22.5 Å². The molecule has 0 saturated carbocycles. The smallest absolute Gasteiger partial charge is 0.234 e. The number of carbonyl (C=O) groups is 1. The molecule has 4 rings (SSSR count). The molecule has 0 unspecified atom stereocenters. The summed E-state index contributed by atoms with van der Waals surface area (Å²) in [6.45, 7) is 4.57. The van der Waals surface area contributed by atoms with Crippen molar-refractivity contribution in [3.05, 3.63) is 55.1 Å². The maximum atomic E-state index is 12.4. The number of allylic oxidation sites excluding steroid dienone is 1. The standard InChI is InChI=1S/C21H20N4O3S2/c1-3-9-25-20(14-7-8-17-18(10-14)28-13-27-17)23-24-21(25)30-12-19(26)22-15-5-4-6-16(11-15)29-2/h3-8,10-11H,1,9,12-13H2,2H3,(H,22,26). The highest BCUT2D eigenvalue weighted by Gasteiger charge is 2.19. The van der Waals surface area contributed by atoms with Gasteiger partial charge in [0, 0.05) is 22.7 Å². The van der Waals surface area contributed by atoms with Gasteiger partial charge in [0.05, 0.1) is 5.75 Å². The summed E-state index contributed by atoms with van der Waals surface area (Å²) in [5.41, 5.74) is 1.64. The first-order valence-corrected chi connectivity index (χ1v) is 11.4. The van der Waals surface area contributed by atoms with Gasteiger partial charge in [-0.15, -0.1) is 28.5 Å². The predicted octanol–water partition coefficient (Wildman–Crippen LogP) is 4.31. The van der Waals surface area contributed by atoms with E-state index in [1.54, 1.807) is 17.8 Å². The number of hydrogen-bond acceptors (Lipinski definition) is 7. The van der Waals surface area contributed by atoms with Gasteiger partial charge in [0.25, 0.3) is 0 Å². The van der Waals surface area contributed by atoms with Crippen LogP contribution in [0.4, 0.5) is 5.69 Å². The highest BCUT2D eigenvalue weighted by molar-refractivity contribution is 7.99. The van der Waals surface area contributed by atoms with Crippen LogP contribution < -0.4 is 14.8 Å². The Balaban J connectivity index is 1.47. The van der Waals surface area contributed by atoms with E-state index in [0.717, 1.165) is 16.1 Å². The van der Waals surface area contributed by atoms with Crippen molar-refractivity contribution in [2.75, 3.05) is 24.1 Å². The van der Waals surface area contributed by atoms with E-state index in [4.69, 9.17) is 9.47 Å². The zero-order chi connectivity index (χ0) is 20.9. The lowest BCUT2D eigenvalue weighted by Crippen LogP contribution is -2.14. The molecule has 1 aromatic heterocycles. The molecule has 0 radical (unpaired) electrons. The van der Waals surface area contributed by atoms with Gasteiger partial charge in [0.2, 0.25) is 12.7 Å². The second-order valence-electron chi connectivity index (χ2n) is 6.34. The Hall–Kier alpha value is -2.91. The van der Waals surface area contributed by atoms with Crippen molar-refractivity contribution in [1.29, 1.82) is 0 Å². The maximum absolute atomic E-state index is 12.4. The van der Waals surface area contributed by atoms with Gasteiger partial charge in [0.1, 0.15) is 0 Å². The van der Waals surface area contributed by atoms with E-state index in [9.17, 15) is 4.79 Å². The number of rotatable bonds is 8. The molecule has 2 aromatic carbocycles. The van der Waals surface area contributed by atoms with E-state index in [0.29, 0.717) is 29.0 Å². The Morgan fingerprint density at radius 1 is 1.23 bits per heavy atom. The largest absolute Gasteiger partial charge is 0.454 e. The summed E-state index contributed by atoms with van der Waals surface area (Å²) >= 11 is 2.97. The Bertz CT molecular complexity index is 1080. The number of aromatic nitrogens is 3. The molecule has 1 aliphatic rings. The molecule has 1 aliphatic heterocycles. The molecule has 0 atom stereocenters. The lowest BCUT2D eigenvalue weighted by Gasteiger charge is -2.09. The lowest BCUT2D eigenvalue weighted by molar-refractivity contribution is -0.113. The summed E-state index contributed by atoms with van der Waals surface area (Å²) in [4.78, 5) is 13.5. The molecule has 1 amide bonds. The molecule has 1 N–H and O–H groups in total. The molecule has 7 nitrogen and oxygen atoms in total. The Labute approximate surface area is 182 Å². The highest BCUT2D eigenvalue weighted by Crippen LogP contribution is 2.36. The van der Waals surface area contributed by atoms with E-state index in [1.807, 2.05) is 53.3 Å². The molecule has 0 fully saturated rings. The molecule has 30 heavy (non-hydrogen) atoms. The number of benzene rings is 2. The Morgan fingerprint density at radius 3 is 2.93 bits per heavy atom. The van der Waals surface area contributed by atoms with Crippen LogP contribution in [0.25, 0.3) is 11.4 Å². The van der Waals surface area contributed by atoms with Crippen molar-refractivity contribution in [3.8, 4) is 22.9 Å². The topological polar surface area (TPSA) is 78.3 Å². The third-order valence-electron chi connectivity index (χ3n) is 4.35. The van der Waals surface area contributed by atoms with Crippen LogP contribution in [0.15, 0.2) is 65.2 Å². The average molecular weight is 441 g/mol. The second-order valence-corrected chi connectivity index (χ2v) is 8.16. The number of carbonyl (C=O) groups excluding carboxylic acids is 1. The predicted molar refractivity (Wildman–Crippen MR) is 119 cm³/mol. The fourth-order valence-electron chi connectivity index (χ4n) is 2.97. The normalized spacial score (nSPS) is 12.0. The third-order valence-corrected chi connectivity index (χ3v) is 6.04. The molecule has 0 spiro atoms. The minimum absolute atomic E-state index is 0.101. The summed E-state index contributed by atoms with van der Waals surface area (Å²) in [5.74, 6) is 2.20. The number of anilines is 1. The number of ether oxygens (including phenoxy) is 2. The van der Waals surface area contributed by atoms with Gasteiger partial charge in [-0.2, -0.15) is 0 Å². The van der Waals surface area contributed by atoms with E-state index >= 15 is 0 Å². The maximum Gasteiger partial charge on any atom is 0.234 e. The number of fused-ring (bicyclic) bond motifs is 1. The average Bonchev–Trinajstić information content (AvgIpc) is 3.39. The van der Waals surface area contributed by atoms with Crippen LogP contribution in [-0.4, -0.2) is 39.5 Å². The van der Waals surface area contributed by atoms with Crippen molar-refractivity contribution in [2.45, 2.75) is 16.6 Å². The van der Waals surface area contributed by atoms with Gasteiger partial charge in [-0.3, -0.25) is 9.36 Å². The Morgan fingerprint density at radius 2 is 2.10 bits per heavy atom. The van der Waals surface area contributed by atoms with Crippen LogP contribution in [0.3, 0.4) is 0 Å². The third kappa shape index (κ3) is 4.47. The minimum Gasteiger partial charge on any atom is -0.454 e. The van der Waals surface area contributed by atoms with Crippen LogP contribution in [0.5, 0.6) is 11.5 Å². The molecule has 0 saturated heterocycles. The second kappa shape index (κ2) is 9.27. The number of thioether (sulfide) groups is 2. The van der Waals surface area contributed by atoms with E-state index < -0.39 is 0 Å². The monoisotopic (exact) mass is 440 g/mol. The van der Waals surface area contributed by atoms with Gasteiger partial charge >= 0.3 is 0 Å². The molecule has 0 aliphatic carbocycles. The first kappa shape index (κ1) is 20.4. The zero-order valence-electron chi connectivity index (χ0n) is 16.3. The van der Waals surface area contributed by atoms with Crippen LogP contribution >= 0.6 is 23.5 Å². The first-order chi connectivity index (χ1) is 14.7. The number of hydrogen-bond donors (Lipinski definition) is 1. The molecular weight excluding hydrogens is 420 g/mol. The van der Waals surface area contributed by atoms with Crippen LogP contribution in [0.2, 0.25) is 0 Å². The van der Waals surface area contributed by atoms with Crippen LogP contribution in [0.1, 0.15) is 0 Å². The van der Waals surface area contributed by atoms with Crippen molar-refractivity contribution >= 4 is 35.1 Å². The summed E-state index contributed by atoms with van der Waals surface area (Å²) < 4.78 is 12.8. The van der Waals surface area contributed by atoms with Gasteiger partial charge < -0.3 is 14.8 Å². The highest BCUT2D eigenvalue weighted by atomic mass is 32.2. The minimum atomic E-state index is -0.101. The number of amides is 1. The molecular formula is C21H20N4O3S2. The van der Waals surface area contributed by atoms with E-state index in [1.165, 1.54) is 11.8 Å². The summed E-state index contributed by atoms with van der Waals surface area (Å²) in [5, 5.41) is 12.2. The van der Waals surface area contributed by atoms with Crippen molar-refractivity contribution < 1.29 is 14.3 Å². The summed E-state index contributed by atoms with van der Waals surface area (Å²) in [6, 6.07) is 13.4. The number of nitrogens with one attached hydrogen (secondary N) is 1. The summed E-state index contributed by atoms with van der Waals surface area (Å²) in [7, 11) is 0. The van der Waals surface area contributed by atoms with Crippen LogP contribution in [0, 0.1) is 0 Å². The van der Waals surface area contributed by atoms with Crippen LogP contribution in [-0.2, 0) is 11.3 Å². The van der Waals surface area contributed by atoms with E-state index in [2.05, 4.69) is 22.1 Å². The van der Waals surface area contributed by atoms with Crippen molar-refractivity contribution in [2.24, 2.45) is 0 Å². The molecule has 0 bridgehead atoms. The van der Waals surface area contributed by atoms with Gasteiger partial charge in [-0.25, -0.2) is 0 Å². The van der Waals surface area contributed by atoms with E-state index in [-0.39, 0.29) is 18.5 Å². The Kier molecular flexibility index (Phi) is 6.29. The number of nitrogens with zero attached hydrogens (tertiary/aromatic N) is 3. The molecule has 2 heterocycles. The fourth-order valence-corrected chi connectivity index (χ4v) is 4.17. The molecule has 9 heteroatoms. The fraction of sp³-hybridized carbons (Fsp3) is 0.190. The zero-order valence-corrected chi connectivity index (χ0v) is 18.0. The summed E-state index contributed by atoms with van der Waals surface area (Å²) in [6.07, 6.45) is 3.78. The quantitative estimate of drug-likeness (QED) is 0.413. The first-order valence-electron chi connectivity index (χ1n) is 9.19. The van der Waals surface area contributed by atoms with Gasteiger partial charge in [-0.1, -0.05) is 23.9 Å². The molecule has 154 valence electrons. The van der Waals surface area contributed by atoms with Crippen molar-refractivity contribution in [1.82, 2.24) is 14.8 Å². The SMILES string of the molecule is C=CCn1c(SCC(=O)Nc2cccc(SC)c2)nnc1-c1ccc2c(c1)OCO2. The molecule has 3 aromatic rings. The van der Waals surface area contributed by atoms with Crippen molar-refractivity contribution in [3.63, 3.8) is 0 Å². The van der Waals surface area contributed by atoms with Gasteiger partial charge in [-0.05, 0) is 42.7 Å². The lowest BCUT2D eigenvalue weighted by atomic mass is 10.2.